The van der Waals surface area contributed by atoms with Crippen molar-refractivity contribution >= 4 is 21.6 Å². The van der Waals surface area contributed by atoms with Crippen LogP contribution < -0.4 is 9.62 Å². The summed E-state index contributed by atoms with van der Waals surface area (Å²) in [5, 5.41) is 3.14. The second-order valence-corrected chi connectivity index (χ2v) is 11.4. The minimum Gasteiger partial charge on any atom is -0.379 e. The van der Waals surface area contributed by atoms with Crippen LogP contribution in [0.1, 0.15) is 48.0 Å². The van der Waals surface area contributed by atoms with Crippen molar-refractivity contribution < 1.29 is 17.9 Å². The highest BCUT2D eigenvalue weighted by Crippen LogP contribution is 2.35. The summed E-state index contributed by atoms with van der Waals surface area (Å²) in [6.45, 7) is 4.23. The molecular weight excluding hydrogens is 450 g/mol. The van der Waals surface area contributed by atoms with E-state index in [4.69, 9.17) is 4.74 Å². The second-order valence-electron chi connectivity index (χ2n) is 9.55. The van der Waals surface area contributed by atoms with E-state index in [0.717, 1.165) is 63.2 Å². The maximum atomic E-state index is 13.4. The van der Waals surface area contributed by atoms with Crippen LogP contribution in [0.15, 0.2) is 53.4 Å². The molecule has 0 bridgehead atoms. The van der Waals surface area contributed by atoms with Gasteiger partial charge in [-0.2, -0.15) is 0 Å². The van der Waals surface area contributed by atoms with Gasteiger partial charge in [0.05, 0.1) is 23.8 Å². The molecule has 1 amide bonds. The summed E-state index contributed by atoms with van der Waals surface area (Å²) >= 11 is 0. The molecule has 182 valence electrons. The van der Waals surface area contributed by atoms with Crippen LogP contribution in [-0.2, 0) is 21.2 Å². The zero-order valence-electron chi connectivity index (χ0n) is 19.5. The first-order valence-corrected chi connectivity index (χ1v) is 13.8. The third-order valence-corrected chi connectivity index (χ3v) is 9.38. The van der Waals surface area contributed by atoms with Gasteiger partial charge in [0.25, 0.3) is 15.9 Å². The minimum atomic E-state index is -3.74. The van der Waals surface area contributed by atoms with Crippen LogP contribution in [0.25, 0.3) is 0 Å². The molecule has 7 nitrogen and oxygen atoms in total. The maximum Gasteiger partial charge on any atom is 0.264 e. The van der Waals surface area contributed by atoms with Crippen molar-refractivity contribution in [3.63, 3.8) is 0 Å². The van der Waals surface area contributed by atoms with Gasteiger partial charge in [-0.15, -0.1) is 0 Å². The Hall–Kier alpha value is -2.42. The highest BCUT2D eigenvalue weighted by atomic mass is 32.2. The van der Waals surface area contributed by atoms with E-state index in [9.17, 15) is 13.2 Å². The number of morpholine rings is 1. The fourth-order valence-electron chi connectivity index (χ4n) is 5.68. The standard InChI is InChI=1S/C26H33N3O4S/c30-25(27-20-26(12-4-1-5-13-26)28-15-17-33-18-16-28)22-8-6-9-23(19-22)34(31,32)29-14-11-21-7-2-3-10-24(21)29/h2-3,6-10,19H,1,4-5,11-18,20H2,(H,27,30). The van der Waals surface area contributed by atoms with Gasteiger partial charge in [-0.25, -0.2) is 8.42 Å². The third kappa shape index (κ3) is 4.46. The van der Waals surface area contributed by atoms with E-state index in [0.29, 0.717) is 25.1 Å². The Morgan fingerprint density at radius 1 is 0.971 bits per heavy atom. The molecule has 0 aromatic heterocycles. The zero-order valence-corrected chi connectivity index (χ0v) is 20.4. The first-order valence-electron chi connectivity index (χ1n) is 12.3. The summed E-state index contributed by atoms with van der Waals surface area (Å²) in [6.07, 6.45) is 6.39. The molecule has 0 radical (unpaired) electrons. The number of rotatable bonds is 6. The third-order valence-electron chi connectivity index (χ3n) is 7.57. The quantitative estimate of drug-likeness (QED) is 0.683. The summed E-state index contributed by atoms with van der Waals surface area (Å²) in [6, 6.07) is 14.0. The predicted molar refractivity (Wildman–Crippen MR) is 132 cm³/mol. The lowest BCUT2D eigenvalue weighted by Crippen LogP contribution is -2.59. The minimum absolute atomic E-state index is 0.0410. The van der Waals surface area contributed by atoms with Gasteiger partial charge in [-0.05, 0) is 49.1 Å². The van der Waals surface area contributed by atoms with E-state index >= 15 is 0 Å². The molecule has 0 unspecified atom stereocenters. The smallest absolute Gasteiger partial charge is 0.264 e. The van der Waals surface area contributed by atoms with Crippen molar-refractivity contribution in [3.05, 3.63) is 59.7 Å². The van der Waals surface area contributed by atoms with Crippen LogP contribution in [0, 0.1) is 0 Å². The van der Waals surface area contributed by atoms with E-state index in [2.05, 4.69) is 10.2 Å². The summed E-state index contributed by atoms with van der Waals surface area (Å²) in [5.74, 6) is -0.225. The van der Waals surface area contributed by atoms with Crippen molar-refractivity contribution in [1.82, 2.24) is 10.2 Å². The number of para-hydroxylation sites is 1. The molecule has 1 saturated heterocycles. The van der Waals surface area contributed by atoms with Gasteiger partial charge < -0.3 is 10.1 Å². The van der Waals surface area contributed by atoms with Crippen LogP contribution in [0.2, 0.25) is 0 Å². The van der Waals surface area contributed by atoms with Crippen molar-refractivity contribution in [1.29, 1.82) is 0 Å². The molecule has 2 heterocycles. The van der Waals surface area contributed by atoms with E-state index in [1.54, 1.807) is 18.2 Å². The molecule has 2 aromatic rings. The van der Waals surface area contributed by atoms with E-state index < -0.39 is 10.0 Å². The van der Waals surface area contributed by atoms with Crippen LogP contribution >= 0.6 is 0 Å². The lowest BCUT2D eigenvalue weighted by Gasteiger charge is -2.48. The molecule has 5 rings (SSSR count). The average molecular weight is 484 g/mol. The highest BCUT2D eigenvalue weighted by molar-refractivity contribution is 7.92. The summed E-state index contributed by atoms with van der Waals surface area (Å²) in [4.78, 5) is 15.8. The molecule has 1 N–H and O–H groups in total. The highest BCUT2D eigenvalue weighted by Gasteiger charge is 2.39. The summed E-state index contributed by atoms with van der Waals surface area (Å²) in [7, 11) is -3.74. The Bertz CT molecular complexity index is 1140. The van der Waals surface area contributed by atoms with Crippen molar-refractivity contribution in [3.8, 4) is 0 Å². The molecule has 2 aliphatic heterocycles. The number of carbonyl (C=O) groups excluding carboxylic acids is 1. The van der Waals surface area contributed by atoms with Gasteiger partial charge in [0.15, 0.2) is 0 Å². The number of hydrogen-bond acceptors (Lipinski definition) is 5. The number of hydrogen-bond donors (Lipinski definition) is 1. The molecule has 1 aliphatic carbocycles. The topological polar surface area (TPSA) is 79.0 Å². The summed E-state index contributed by atoms with van der Waals surface area (Å²) in [5.41, 5.74) is 2.09. The Labute approximate surface area is 202 Å². The van der Waals surface area contributed by atoms with E-state index in [1.165, 1.54) is 16.8 Å². The SMILES string of the molecule is O=C(NCC1(N2CCOCC2)CCCCC1)c1cccc(S(=O)(=O)N2CCc3ccccc32)c1. The van der Waals surface area contributed by atoms with Crippen LogP contribution in [0.4, 0.5) is 5.69 Å². The van der Waals surface area contributed by atoms with Gasteiger partial charge in [-0.1, -0.05) is 43.5 Å². The van der Waals surface area contributed by atoms with Gasteiger partial charge in [-0.3, -0.25) is 14.0 Å². The van der Waals surface area contributed by atoms with E-state index in [1.807, 2.05) is 24.3 Å². The normalized spacial score (nSPS) is 20.6. The van der Waals surface area contributed by atoms with Crippen molar-refractivity contribution in [2.45, 2.75) is 49.0 Å². The molecule has 1 saturated carbocycles. The number of amides is 1. The lowest BCUT2D eigenvalue weighted by molar-refractivity contribution is -0.0361. The molecule has 8 heteroatoms. The number of benzene rings is 2. The molecule has 0 spiro atoms. The average Bonchev–Trinajstić information content (AvgIpc) is 3.34. The second kappa shape index (κ2) is 9.68. The van der Waals surface area contributed by atoms with Gasteiger partial charge in [0.2, 0.25) is 0 Å². The largest absolute Gasteiger partial charge is 0.379 e. The Morgan fingerprint density at radius 2 is 1.74 bits per heavy atom. The fourth-order valence-corrected chi connectivity index (χ4v) is 7.23. The number of nitrogens with zero attached hydrogens (tertiary/aromatic N) is 2. The predicted octanol–water partition coefficient (Wildman–Crippen LogP) is 3.20. The Morgan fingerprint density at radius 3 is 2.53 bits per heavy atom. The fraction of sp³-hybridized carbons (Fsp3) is 0.500. The van der Waals surface area contributed by atoms with Crippen LogP contribution in [0.5, 0.6) is 0 Å². The van der Waals surface area contributed by atoms with Crippen molar-refractivity contribution in [2.75, 3.05) is 43.7 Å². The number of sulfonamides is 1. The number of anilines is 1. The molecule has 2 aromatic carbocycles. The molecular formula is C26H33N3O4S. The first kappa shape index (κ1) is 23.3. The van der Waals surface area contributed by atoms with Crippen LogP contribution in [0.3, 0.4) is 0 Å². The van der Waals surface area contributed by atoms with Crippen molar-refractivity contribution in [2.24, 2.45) is 0 Å². The molecule has 2 fully saturated rings. The van der Waals surface area contributed by atoms with Gasteiger partial charge in [0.1, 0.15) is 0 Å². The Balaban J connectivity index is 1.32. The number of fused-ring (bicyclic) bond motifs is 1. The maximum absolute atomic E-state index is 13.4. The lowest BCUT2D eigenvalue weighted by atomic mass is 9.79. The van der Waals surface area contributed by atoms with Gasteiger partial charge in [0, 0.05) is 37.3 Å². The monoisotopic (exact) mass is 483 g/mol. The number of carbonyl (C=O) groups is 1. The number of nitrogens with one attached hydrogen (secondary N) is 1. The molecule has 3 aliphatic rings. The molecule has 0 atom stereocenters. The zero-order chi connectivity index (χ0) is 23.6. The van der Waals surface area contributed by atoms with Gasteiger partial charge >= 0.3 is 0 Å². The Kier molecular flexibility index (Phi) is 6.64. The first-order chi connectivity index (χ1) is 16.5. The molecule has 34 heavy (non-hydrogen) atoms. The van der Waals surface area contributed by atoms with Crippen LogP contribution in [-0.4, -0.2) is 64.2 Å². The van der Waals surface area contributed by atoms with E-state index in [-0.39, 0.29) is 16.3 Å². The number of ether oxygens (including phenoxy) is 1. The summed E-state index contributed by atoms with van der Waals surface area (Å²) < 4.78 is 33.8.